The Morgan fingerprint density at radius 1 is 1.47 bits per heavy atom. The zero-order valence-electron chi connectivity index (χ0n) is 8.79. The third-order valence-electron chi connectivity index (χ3n) is 1.94. The van der Waals surface area contributed by atoms with Crippen molar-refractivity contribution in [3.63, 3.8) is 0 Å². The van der Waals surface area contributed by atoms with Crippen LogP contribution in [0.3, 0.4) is 0 Å². The minimum Gasteiger partial charge on any atom is -0.491 e. The molecule has 0 aliphatic rings. The van der Waals surface area contributed by atoms with Gasteiger partial charge in [-0.3, -0.25) is 0 Å². The number of benzene rings is 1. The monoisotopic (exact) mass is 229 g/mol. The van der Waals surface area contributed by atoms with Crippen molar-refractivity contribution in [1.82, 2.24) is 5.32 Å². The van der Waals surface area contributed by atoms with E-state index in [0.717, 1.165) is 24.4 Å². The van der Waals surface area contributed by atoms with Crippen molar-refractivity contribution in [2.75, 3.05) is 19.8 Å². The SMILES string of the molecule is CCNCc1cc(Cl)ccc1OCCO. The van der Waals surface area contributed by atoms with Crippen LogP contribution in [0.4, 0.5) is 0 Å². The molecule has 0 aromatic heterocycles. The summed E-state index contributed by atoms with van der Waals surface area (Å²) in [5.74, 6) is 0.773. The summed E-state index contributed by atoms with van der Waals surface area (Å²) in [5.41, 5.74) is 1.01. The van der Waals surface area contributed by atoms with Crippen LogP contribution in [0.2, 0.25) is 5.02 Å². The van der Waals surface area contributed by atoms with Crippen molar-refractivity contribution < 1.29 is 9.84 Å². The molecule has 1 aromatic rings. The molecule has 0 atom stereocenters. The van der Waals surface area contributed by atoms with Crippen LogP contribution in [0.5, 0.6) is 5.75 Å². The Morgan fingerprint density at radius 2 is 2.27 bits per heavy atom. The normalized spacial score (nSPS) is 10.3. The van der Waals surface area contributed by atoms with Gasteiger partial charge in [-0.1, -0.05) is 18.5 Å². The van der Waals surface area contributed by atoms with Crippen molar-refractivity contribution in [2.24, 2.45) is 0 Å². The fourth-order valence-corrected chi connectivity index (χ4v) is 1.44. The number of aliphatic hydroxyl groups is 1. The van der Waals surface area contributed by atoms with Crippen LogP contribution in [0.25, 0.3) is 0 Å². The summed E-state index contributed by atoms with van der Waals surface area (Å²) in [6, 6.07) is 5.48. The van der Waals surface area contributed by atoms with Crippen LogP contribution in [0.15, 0.2) is 18.2 Å². The van der Waals surface area contributed by atoms with Crippen molar-refractivity contribution in [1.29, 1.82) is 0 Å². The van der Waals surface area contributed by atoms with Gasteiger partial charge in [-0.05, 0) is 24.7 Å². The summed E-state index contributed by atoms with van der Waals surface area (Å²) < 4.78 is 5.39. The highest BCUT2D eigenvalue weighted by molar-refractivity contribution is 6.30. The second kappa shape index (κ2) is 6.67. The number of rotatable bonds is 6. The molecule has 0 saturated carbocycles. The Morgan fingerprint density at radius 3 is 2.93 bits per heavy atom. The molecule has 84 valence electrons. The first-order valence-electron chi connectivity index (χ1n) is 5.00. The molecular formula is C11H16ClNO2. The van der Waals surface area contributed by atoms with E-state index in [1.54, 1.807) is 6.07 Å². The molecule has 0 aliphatic carbocycles. The first kappa shape index (κ1) is 12.3. The second-order valence-corrected chi connectivity index (χ2v) is 3.54. The van der Waals surface area contributed by atoms with Crippen LogP contribution in [-0.2, 0) is 6.54 Å². The van der Waals surface area contributed by atoms with Crippen molar-refractivity contribution in [3.05, 3.63) is 28.8 Å². The minimum absolute atomic E-state index is 0.0171. The minimum atomic E-state index is 0.0171. The van der Waals surface area contributed by atoms with Gasteiger partial charge in [0.2, 0.25) is 0 Å². The van der Waals surface area contributed by atoms with Gasteiger partial charge in [0.25, 0.3) is 0 Å². The van der Waals surface area contributed by atoms with Gasteiger partial charge in [-0.15, -0.1) is 0 Å². The summed E-state index contributed by atoms with van der Waals surface area (Å²) >= 11 is 5.90. The van der Waals surface area contributed by atoms with E-state index in [1.165, 1.54) is 0 Å². The van der Waals surface area contributed by atoms with Crippen LogP contribution in [0.1, 0.15) is 12.5 Å². The zero-order valence-corrected chi connectivity index (χ0v) is 9.55. The number of hydrogen-bond donors (Lipinski definition) is 2. The van der Waals surface area contributed by atoms with Crippen LogP contribution in [-0.4, -0.2) is 24.9 Å². The van der Waals surface area contributed by atoms with Gasteiger partial charge in [0.15, 0.2) is 0 Å². The Labute approximate surface area is 95.0 Å². The third-order valence-corrected chi connectivity index (χ3v) is 2.17. The summed E-state index contributed by atoms with van der Waals surface area (Å²) in [6.45, 7) is 3.98. The lowest BCUT2D eigenvalue weighted by atomic mass is 10.2. The Kier molecular flexibility index (Phi) is 5.47. The predicted molar refractivity (Wildman–Crippen MR) is 61.4 cm³/mol. The number of hydrogen-bond acceptors (Lipinski definition) is 3. The lowest BCUT2D eigenvalue weighted by Gasteiger charge is -2.11. The van der Waals surface area contributed by atoms with E-state index < -0.39 is 0 Å². The molecule has 0 amide bonds. The average Bonchev–Trinajstić information content (AvgIpc) is 2.25. The first-order chi connectivity index (χ1) is 7.27. The lowest BCUT2D eigenvalue weighted by Crippen LogP contribution is -2.13. The molecule has 0 spiro atoms. The number of ether oxygens (including phenoxy) is 1. The third kappa shape index (κ3) is 4.08. The van der Waals surface area contributed by atoms with E-state index in [4.69, 9.17) is 21.4 Å². The molecular weight excluding hydrogens is 214 g/mol. The van der Waals surface area contributed by atoms with Gasteiger partial charge >= 0.3 is 0 Å². The molecule has 0 heterocycles. The van der Waals surface area contributed by atoms with Crippen LogP contribution in [0, 0.1) is 0 Å². The van der Waals surface area contributed by atoms with Crippen molar-refractivity contribution in [2.45, 2.75) is 13.5 Å². The Hall–Kier alpha value is -0.770. The molecule has 0 saturated heterocycles. The van der Waals surface area contributed by atoms with E-state index in [0.29, 0.717) is 11.6 Å². The topological polar surface area (TPSA) is 41.5 Å². The molecule has 1 aromatic carbocycles. The van der Waals surface area contributed by atoms with Crippen molar-refractivity contribution >= 4 is 11.6 Å². The highest BCUT2D eigenvalue weighted by Crippen LogP contribution is 2.22. The largest absolute Gasteiger partial charge is 0.491 e. The predicted octanol–water partition coefficient (Wildman–Crippen LogP) is 1.82. The average molecular weight is 230 g/mol. The smallest absolute Gasteiger partial charge is 0.124 e. The van der Waals surface area contributed by atoms with Gasteiger partial charge < -0.3 is 15.2 Å². The van der Waals surface area contributed by atoms with E-state index >= 15 is 0 Å². The molecule has 3 nitrogen and oxygen atoms in total. The van der Waals surface area contributed by atoms with E-state index in [-0.39, 0.29) is 6.61 Å². The van der Waals surface area contributed by atoms with Gasteiger partial charge in [0, 0.05) is 17.1 Å². The Bertz CT molecular complexity index is 305. The quantitative estimate of drug-likeness (QED) is 0.782. The fraction of sp³-hybridized carbons (Fsp3) is 0.455. The lowest BCUT2D eigenvalue weighted by molar-refractivity contribution is 0.200. The standard InChI is InChI=1S/C11H16ClNO2/c1-2-13-8-9-7-10(12)3-4-11(9)15-6-5-14/h3-4,7,13-14H,2,5-6,8H2,1H3. The molecule has 0 unspecified atom stereocenters. The van der Waals surface area contributed by atoms with Gasteiger partial charge in [-0.25, -0.2) is 0 Å². The maximum Gasteiger partial charge on any atom is 0.124 e. The van der Waals surface area contributed by atoms with E-state index in [1.807, 2.05) is 19.1 Å². The summed E-state index contributed by atoms with van der Waals surface area (Å²) in [5, 5.41) is 12.6. The summed E-state index contributed by atoms with van der Waals surface area (Å²) in [7, 11) is 0. The highest BCUT2D eigenvalue weighted by Gasteiger charge is 2.03. The second-order valence-electron chi connectivity index (χ2n) is 3.10. The van der Waals surface area contributed by atoms with Crippen LogP contribution < -0.4 is 10.1 Å². The first-order valence-corrected chi connectivity index (χ1v) is 5.38. The molecule has 4 heteroatoms. The molecule has 2 N–H and O–H groups in total. The molecule has 0 bridgehead atoms. The van der Waals surface area contributed by atoms with Crippen LogP contribution >= 0.6 is 11.6 Å². The van der Waals surface area contributed by atoms with E-state index in [2.05, 4.69) is 5.32 Å². The highest BCUT2D eigenvalue weighted by atomic mass is 35.5. The number of nitrogens with one attached hydrogen (secondary N) is 1. The molecule has 15 heavy (non-hydrogen) atoms. The fourth-order valence-electron chi connectivity index (χ4n) is 1.24. The maximum absolute atomic E-state index is 8.68. The zero-order chi connectivity index (χ0) is 11.1. The van der Waals surface area contributed by atoms with Gasteiger partial charge in [0.1, 0.15) is 12.4 Å². The molecule has 0 fully saturated rings. The number of aliphatic hydroxyl groups excluding tert-OH is 1. The number of halogens is 1. The summed E-state index contributed by atoms with van der Waals surface area (Å²) in [4.78, 5) is 0. The maximum atomic E-state index is 8.68. The molecule has 0 radical (unpaired) electrons. The van der Waals surface area contributed by atoms with E-state index in [9.17, 15) is 0 Å². The van der Waals surface area contributed by atoms with Crippen molar-refractivity contribution in [3.8, 4) is 5.75 Å². The summed E-state index contributed by atoms with van der Waals surface area (Å²) in [6.07, 6.45) is 0. The van der Waals surface area contributed by atoms with Gasteiger partial charge in [0.05, 0.1) is 6.61 Å². The van der Waals surface area contributed by atoms with Gasteiger partial charge in [-0.2, -0.15) is 0 Å². The Balaban J connectivity index is 2.73. The molecule has 0 aliphatic heterocycles. The molecule has 1 rings (SSSR count).